The lowest BCUT2D eigenvalue weighted by molar-refractivity contribution is 0.471. The van der Waals surface area contributed by atoms with Gasteiger partial charge in [0.05, 0.1) is 0 Å². The highest BCUT2D eigenvalue weighted by atomic mass is 79.9. The molecule has 0 fully saturated rings. The maximum atomic E-state index is 10.3. The number of phenolic OH excluding ortho intramolecular Hbond substituents is 1. The molecule has 0 radical (unpaired) electrons. The summed E-state index contributed by atoms with van der Waals surface area (Å²) in [5, 5.41) is 15.0. The molecule has 122 valence electrons. The molecule has 1 N–H and O–H groups in total. The van der Waals surface area contributed by atoms with Gasteiger partial charge < -0.3 is 5.11 Å². The highest BCUT2D eigenvalue weighted by Gasteiger charge is 2.06. The molecule has 0 amide bonds. The maximum absolute atomic E-state index is 10.3. The van der Waals surface area contributed by atoms with Gasteiger partial charge >= 0.3 is 0 Å². The molecule has 0 unspecified atom stereocenters. The van der Waals surface area contributed by atoms with Gasteiger partial charge in [-0.3, -0.25) is 0 Å². The van der Waals surface area contributed by atoms with Crippen LogP contribution in [-0.4, -0.2) is 5.11 Å². The van der Waals surface area contributed by atoms with Crippen molar-refractivity contribution in [3.63, 3.8) is 0 Å². The Morgan fingerprint density at radius 2 is 1.60 bits per heavy atom. The minimum atomic E-state index is 0.345. The smallest absolute Gasteiger partial charge is 0.119 e. The first-order valence-electron chi connectivity index (χ1n) is 8.26. The molecule has 0 aliphatic rings. The summed E-state index contributed by atoms with van der Waals surface area (Å²) in [5.41, 5.74) is 2.13. The van der Waals surface area contributed by atoms with Gasteiger partial charge in [0.2, 0.25) is 0 Å². The Kier molecular flexibility index (Phi) is 4.29. The van der Waals surface area contributed by atoms with Crippen LogP contribution in [0.2, 0.25) is 0 Å². The van der Waals surface area contributed by atoms with Gasteiger partial charge in [0.1, 0.15) is 5.75 Å². The van der Waals surface area contributed by atoms with Crippen LogP contribution in [0.5, 0.6) is 5.75 Å². The molecule has 4 rings (SSSR count). The molecule has 1 nitrogen and oxygen atoms in total. The van der Waals surface area contributed by atoms with Gasteiger partial charge in [-0.25, -0.2) is 0 Å². The second-order valence-corrected chi connectivity index (χ2v) is 7.06. The molecular weight excluding hydrogens is 372 g/mol. The first kappa shape index (κ1) is 15.9. The second-order valence-electron chi connectivity index (χ2n) is 6.14. The Morgan fingerprint density at radius 3 is 2.48 bits per heavy atom. The van der Waals surface area contributed by atoms with Crippen molar-refractivity contribution in [1.29, 1.82) is 0 Å². The highest BCUT2D eigenvalue weighted by molar-refractivity contribution is 9.10. The molecule has 0 atom stereocenters. The lowest BCUT2D eigenvalue weighted by atomic mass is 10.00. The van der Waals surface area contributed by atoms with Crippen LogP contribution in [0, 0.1) is 0 Å². The predicted octanol–water partition coefficient (Wildman–Crippen LogP) is 6.72. The SMILES string of the molecule is Oc1ccc2cc(Br)ccc2c1C/C=C/c1ccc2ccccc2c1. The van der Waals surface area contributed by atoms with Crippen LogP contribution in [0.4, 0.5) is 0 Å². The molecule has 0 spiro atoms. The van der Waals surface area contributed by atoms with Gasteiger partial charge in [0.25, 0.3) is 0 Å². The lowest BCUT2D eigenvalue weighted by Gasteiger charge is -2.08. The molecule has 0 aliphatic heterocycles. The van der Waals surface area contributed by atoms with Crippen LogP contribution in [0.15, 0.2) is 83.3 Å². The zero-order valence-electron chi connectivity index (χ0n) is 13.6. The van der Waals surface area contributed by atoms with E-state index in [1.807, 2.05) is 12.1 Å². The van der Waals surface area contributed by atoms with Crippen molar-refractivity contribution in [2.24, 2.45) is 0 Å². The summed E-state index contributed by atoms with van der Waals surface area (Å²) in [4.78, 5) is 0. The number of hydrogen-bond acceptors (Lipinski definition) is 1. The summed E-state index contributed by atoms with van der Waals surface area (Å²) in [5.74, 6) is 0.345. The van der Waals surface area contributed by atoms with Crippen molar-refractivity contribution < 1.29 is 5.11 Å². The van der Waals surface area contributed by atoms with Crippen LogP contribution in [0.3, 0.4) is 0 Å². The molecule has 0 aliphatic carbocycles. The summed E-state index contributed by atoms with van der Waals surface area (Å²) < 4.78 is 1.04. The largest absolute Gasteiger partial charge is 0.508 e. The molecule has 4 aromatic rings. The Hall–Kier alpha value is -2.58. The fourth-order valence-electron chi connectivity index (χ4n) is 3.19. The standard InChI is InChI=1S/C23H17BrO/c24-20-11-12-21-19(15-20)10-13-23(25)22(21)7-3-4-16-8-9-17-5-1-2-6-18(17)14-16/h1-6,8-15,25H,7H2/b4-3+. The predicted molar refractivity (Wildman–Crippen MR) is 110 cm³/mol. The highest BCUT2D eigenvalue weighted by Crippen LogP contribution is 2.30. The zero-order valence-corrected chi connectivity index (χ0v) is 15.2. The van der Waals surface area contributed by atoms with Gasteiger partial charge in [-0.2, -0.15) is 0 Å². The number of phenols is 1. The Labute approximate surface area is 155 Å². The first-order chi connectivity index (χ1) is 12.2. The number of aromatic hydroxyl groups is 1. The Morgan fingerprint density at radius 1 is 0.800 bits per heavy atom. The van der Waals surface area contributed by atoms with Crippen molar-refractivity contribution in [2.45, 2.75) is 6.42 Å². The normalized spacial score (nSPS) is 11.6. The fourth-order valence-corrected chi connectivity index (χ4v) is 3.57. The van der Waals surface area contributed by atoms with Gasteiger partial charge in [-0.05, 0) is 57.8 Å². The lowest BCUT2D eigenvalue weighted by Crippen LogP contribution is -1.86. The zero-order chi connectivity index (χ0) is 17.2. The Bertz CT molecular complexity index is 1100. The van der Waals surface area contributed by atoms with Crippen LogP contribution < -0.4 is 0 Å². The molecule has 0 bridgehead atoms. The van der Waals surface area contributed by atoms with Crippen LogP contribution >= 0.6 is 15.9 Å². The summed E-state index contributed by atoms with van der Waals surface area (Å²) in [6, 6.07) is 24.7. The molecule has 0 saturated carbocycles. The second kappa shape index (κ2) is 6.73. The van der Waals surface area contributed by atoms with E-state index in [0.717, 1.165) is 20.8 Å². The molecule has 0 aromatic heterocycles. The number of fused-ring (bicyclic) bond motifs is 2. The third kappa shape index (κ3) is 3.31. The van der Waals surface area contributed by atoms with E-state index >= 15 is 0 Å². The van der Waals surface area contributed by atoms with E-state index in [1.54, 1.807) is 6.07 Å². The number of hydrogen-bond donors (Lipinski definition) is 1. The minimum absolute atomic E-state index is 0.345. The topological polar surface area (TPSA) is 20.2 Å². The van der Waals surface area contributed by atoms with Gasteiger partial charge in [0, 0.05) is 10.0 Å². The van der Waals surface area contributed by atoms with Crippen LogP contribution in [0.1, 0.15) is 11.1 Å². The molecule has 2 heteroatoms. The van der Waals surface area contributed by atoms with Crippen molar-refractivity contribution >= 4 is 43.6 Å². The summed E-state index contributed by atoms with van der Waals surface area (Å²) >= 11 is 3.50. The van der Waals surface area contributed by atoms with Crippen LogP contribution in [-0.2, 0) is 6.42 Å². The summed E-state index contributed by atoms with van der Waals surface area (Å²) in [6.45, 7) is 0. The number of allylic oxidation sites excluding steroid dienone is 1. The third-order valence-corrected chi connectivity index (χ3v) is 4.97. The van der Waals surface area contributed by atoms with Crippen molar-refractivity contribution in [3.8, 4) is 5.75 Å². The number of rotatable bonds is 3. The van der Waals surface area contributed by atoms with E-state index in [9.17, 15) is 5.11 Å². The van der Waals surface area contributed by atoms with E-state index in [0.29, 0.717) is 12.2 Å². The van der Waals surface area contributed by atoms with Gasteiger partial charge in [0.15, 0.2) is 0 Å². The van der Waals surface area contributed by atoms with Crippen molar-refractivity contribution in [3.05, 3.63) is 94.5 Å². The van der Waals surface area contributed by atoms with E-state index < -0.39 is 0 Å². The minimum Gasteiger partial charge on any atom is -0.508 e. The molecule has 4 aromatic carbocycles. The summed E-state index contributed by atoms with van der Waals surface area (Å²) in [7, 11) is 0. The van der Waals surface area contributed by atoms with Crippen LogP contribution in [0.25, 0.3) is 27.6 Å². The first-order valence-corrected chi connectivity index (χ1v) is 9.05. The monoisotopic (exact) mass is 388 g/mol. The molecule has 0 heterocycles. The van der Waals surface area contributed by atoms with E-state index in [1.165, 1.54) is 16.3 Å². The fraction of sp³-hybridized carbons (Fsp3) is 0.0435. The van der Waals surface area contributed by atoms with Crippen molar-refractivity contribution in [2.75, 3.05) is 0 Å². The van der Waals surface area contributed by atoms with Gasteiger partial charge in [-0.1, -0.05) is 76.6 Å². The summed E-state index contributed by atoms with van der Waals surface area (Å²) in [6.07, 6.45) is 4.92. The maximum Gasteiger partial charge on any atom is 0.119 e. The van der Waals surface area contributed by atoms with Crippen molar-refractivity contribution in [1.82, 2.24) is 0 Å². The average Bonchev–Trinajstić information content (AvgIpc) is 2.63. The Balaban J connectivity index is 1.64. The van der Waals surface area contributed by atoms with E-state index in [-0.39, 0.29) is 0 Å². The number of benzene rings is 4. The molecule has 25 heavy (non-hydrogen) atoms. The van der Waals surface area contributed by atoms with E-state index in [4.69, 9.17) is 0 Å². The average molecular weight is 389 g/mol. The van der Waals surface area contributed by atoms with E-state index in [2.05, 4.69) is 82.7 Å². The number of halogens is 1. The third-order valence-electron chi connectivity index (χ3n) is 4.47. The molecule has 0 saturated heterocycles. The molecular formula is C23H17BrO. The van der Waals surface area contributed by atoms with Gasteiger partial charge in [-0.15, -0.1) is 0 Å². The quantitative estimate of drug-likeness (QED) is 0.413.